The zero-order valence-electron chi connectivity index (χ0n) is 7.79. The van der Waals surface area contributed by atoms with Crippen molar-refractivity contribution in [2.45, 2.75) is 0 Å². The first-order valence-electron chi connectivity index (χ1n) is 4.56. The second kappa shape index (κ2) is 3.47. The van der Waals surface area contributed by atoms with Gasteiger partial charge in [-0.1, -0.05) is 12.1 Å². The molecule has 0 spiro atoms. The molecule has 1 aliphatic heterocycles. The normalized spacial score (nSPS) is 13.9. The van der Waals surface area contributed by atoms with Gasteiger partial charge in [0.1, 0.15) is 0 Å². The van der Waals surface area contributed by atoms with Crippen LogP contribution in [0, 0.1) is 0 Å². The second-order valence-corrected chi connectivity index (χ2v) is 3.81. The van der Waals surface area contributed by atoms with E-state index in [1.165, 1.54) is 11.9 Å². The van der Waals surface area contributed by atoms with Crippen molar-refractivity contribution in [3.8, 4) is 0 Å². The van der Waals surface area contributed by atoms with Crippen molar-refractivity contribution in [2.24, 2.45) is 9.63 Å². The van der Waals surface area contributed by atoms with Crippen LogP contribution < -0.4 is 0 Å². The van der Waals surface area contributed by atoms with Gasteiger partial charge in [0.25, 0.3) is 0 Å². The van der Waals surface area contributed by atoms with Crippen molar-refractivity contribution in [1.29, 1.82) is 0 Å². The summed E-state index contributed by atoms with van der Waals surface area (Å²) >= 11 is 1.33. The number of benzene rings is 1. The van der Waals surface area contributed by atoms with E-state index in [4.69, 9.17) is 0 Å². The Morgan fingerprint density at radius 1 is 1.13 bits per heavy atom. The summed E-state index contributed by atoms with van der Waals surface area (Å²) in [4.78, 5) is 4.37. The van der Waals surface area contributed by atoms with Crippen LogP contribution in [-0.4, -0.2) is 4.98 Å². The van der Waals surface area contributed by atoms with Crippen LogP contribution in [0.1, 0.15) is 5.56 Å². The third kappa shape index (κ3) is 1.43. The molecule has 3 rings (SSSR count). The first kappa shape index (κ1) is 8.61. The van der Waals surface area contributed by atoms with Gasteiger partial charge in [-0.3, -0.25) is 4.98 Å². The second-order valence-electron chi connectivity index (χ2n) is 3.16. The smallest absolute Gasteiger partial charge is 0.0958 e. The van der Waals surface area contributed by atoms with Crippen LogP contribution in [0.4, 0.5) is 5.69 Å². The summed E-state index contributed by atoms with van der Waals surface area (Å²) in [5.74, 6) is 0. The SMILES string of the molecule is C1=Cc2c(ccc3cccnc23)N=NS1. The van der Waals surface area contributed by atoms with Gasteiger partial charge >= 0.3 is 0 Å². The Labute approximate surface area is 91.1 Å². The highest BCUT2D eigenvalue weighted by Gasteiger charge is 2.06. The van der Waals surface area contributed by atoms with Crippen molar-refractivity contribution in [2.75, 3.05) is 0 Å². The average Bonchev–Trinajstić information content (AvgIpc) is 2.54. The van der Waals surface area contributed by atoms with Crippen molar-refractivity contribution in [3.05, 3.63) is 41.4 Å². The number of pyridine rings is 1. The van der Waals surface area contributed by atoms with E-state index in [1.807, 2.05) is 35.7 Å². The van der Waals surface area contributed by atoms with Crippen molar-refractivity contribution < 1.29 is 0 Å². The Bertz CT molecular complexity index is 575. The number of aromatic nitrogens is 1. The molecular formula is C11H7N3S. The van der Waals surface area contributed by atoms with Crippen LogP contribution >= 0.6 is 11.9 Å². The molecule has 0 atom stereocenters. The molecular weight excluding hydrogens is 206 g/mol. The monoisotopic (exact) mass is 213 g/mol. The minimum atomic E-state index is 0.877. The van der Waals surface area contributed by atoms with Gasteiger partial charge in [-0.25, -0.2) is 0 Å². The van der Waals surface area contributed by atoms with Crippen LogP contribution in [-0.2, 0) is 0 Å². The molecule has 1 aromatic carbocycles. The maximum Gasteiger partial charge on any atom is 0.0958 e. The quantitative estimate of drug-likeness (QED) is 0.621. The van der Waals surface area contributed by atoms with E-state index < -0.39 is 0 Å². The Balaban J connectivity index is 2.42. The molecule has 2 heterocycles. The largest absolute Gasteiger partial charge is 0.256 e. The van der Waals surface area contributed by atoms with E-state index in [9.17, 15) is 0 Å². The van der Waals surface area contributed by atoms with Crippen LogP contribution in [0.3, 0.4) is 0 Å². The van der Waals surface area contributed by atoms with E-state index in [0.29, 0.717) is 0 Å². The molecule has 0 unspecified atom stereocenters. The predicted molar refractivity (Wildman–Crippen MR) is 62.9 cm³/mol. The summed E-state index contributed by atoms with van der Waals surface area (Å²) < 4.78 is 3.95. The molecule has 0 fully saturated rings. The van der Waals surface area contributed by atoms with Crippen molar-refractivity contribution in [3.63, 3.8) is 0 Å². The maximum atomic E-state index is 4.37. The average molecular weight is 213 g/mol. The van der Waals surface area contributed by atoms with Gasteiger partial charge in [0.05, 0.1) is 11.2 Å². The number of hydrogen-bond acceptors (Lipinski definition) is 4. The highest BCUT2D eigenvalue weighted by Crippen LogP contribution is 2.32. The molecule has 1 aromatic heterocycles. The summed E-state index contributed by atoms with van der Waals surface area (Å²) in [5.41, 5.74) is 2.90. The minimum absolute atomic E-state index is 0.877. The molecule has 4 heteroatoms. The van der Waals surface area contributed by atoms with Gasteiger partial charge in [0.2, 0.25) is 0 Å². The van der Waals surface area contributed by atoms with Gasteiger partial charge in [0, 0.05) is 29.1 Å². The standard InChI is InChI=1S/C11H7N3S/c1-2-8-3-4-10-9(11(8)12-6-1)5-7-15-14-13-10/h1-7H. The summed E-state index contributed by atoms with van der Waals surface area (Å²) in [6, 6.07) is 7.97. The summed E-state index contributed by atoms with van der Waals surface area (Å²) in [5, 5.41) is 7.17. The molecule has 0 N–H and O–H groups in total. The lowest BCUT2D eigenvalue weighted by molar-refractivity contribution is 1.33. The summed E-state index contributed by atoms with van der Waals surface area (Å²) in [6.07, 6.45) is 3.81. The highest BCUT2D eigenvalue weighted by molar-refractivity contribution is 8.00. The lowest BCUT2D eigenvalue weighted by Gasteiger charge is -2.02. The van der Waals surface area contributed by atoms with Gasteiger partial charge in [0.15, 0.2) is 0 Å². The Morgan fingerprint density at radius 3 is 3.13 bits per heavy atom. The van der Waals surface area contributed by atoms with Crippen molar-refractivity contribution in [1.82, 2.24) is 4.98 Å². The summed E-state index contributed by atoms with van der Waals surface area (Å²) in [6.45, 7) is 0. The zero-order chi connectivity index (χ0) is 10.1. The molecule has 15 heavy (non-hydrogen) atoms. The zero-order valence-corrected chi connectivity index (χ0v) is 8.61. The van der Waals surface area contributed by atoms with E-state index in [-0.39, 0.29) is 0 Å². The molecule has 2 aromatic rings. The Kier molecular flexibility index (Phi) is 1.99. The van der Waals surface area contributed by atoms with Gasteiger partial charge in [-0.2, -0.15) is 0 Å². The molecule has 0 saturated carbocycles. The Hall–Kier alpha value is -1.68. The van der Waals surface area contributed by atoms with Gasteiger partial charge in [-0.05, 0) is 23.6 Å². The number of hydrogen-bond donors (Lipinski definition) is 0. The molecule has 0 aliphatic carbocycles. The Morgan fingerprint density at radius 2 is 2.13 bits per heavy atom. The van der Waals surface area contributed by atoms with Crippen LogP contribution in [0.15, 0.2) is 45.5 Å². The molecule has 3 nitrogen and oxygen atoms in total. The van der Waals surface area contributed by atoms with E-state index >= 15 is 0 Å². The predicted octanol–water partition coefficient (Wildman–Crippen LogP) is 3.95. The first-order valence-corrected chi connectivity index (χ1v) is 5.40. The third-order valence-electron chi connectivity index (χ3n) is 2.28. The number of rotatable bonds is 0. The van der Waals surface area contributed by atoms with E-state index in [0.717, 1.165) is 22.2 Å². The lowest BCUT2D eigenvalue weighted by atomic mass is 10.1. The van der Waals surface area contributed by atoms with Crippen LogP contribution in [0.25, 0.3) is 17.0 Å². The topological polar surface area (TPSA) is 37.6 Å². The van der Waals surface area contributed by atoms with Gasteiger partial charge < -0.3 is 0 Å². The molecule has 1 aliphatic rings. The minimum Gasteiger partial charge on any atom is -0.256 e. The van der Waals surface area contributed by atoms with E-state index in [2.05, 4.69) is 14.6 Å². The maximum absolute atomic E-state index is 4.37. The summed E-state index contributed by atoms with van der Waals surface area (Å²) in [7, 11) is 0. The lowest BCUT2D eigenvalue weighted by Crippen LogP contribution is -1.82. The molecule has 0 saturated heterocycles. The first-order chi connectivity index (χ1) is 7.45. The highest BCUT2D eigenvalue weighted by atomic mass is 32.2. The van der Waals surface area contributed by atoms with Gasteiger partial charge in [-0.15, -0.1) is 9.63 Å². The number of nitrogens with zero attached hydrogens (tertiary/aromatic N) is 3. The fourth-order valence-corrected chi connectivity index (χ4v) is 1.99. The fourth-order valence-electron chi connectivity index (χ4n) is 1.60. The van der Waals surface area contributed by atoms with Crippen molar-refractivity contribution >= 4 is 34.6 Å². The molecule has 72 valence electrons. The van der Waals surface area contributed by atoms with Crippen LogP contribution in [0.2, 0.25) is 0 Å². The molecule has 0 bridgehead atoms. The van der Waals surface area contributed by atoms with E-state index in [1.54, 1.807) is 6.20 Å². The van der Waals surface area contributed by atoms with Crippen LogP contribution in [0.5, 0.6) is 0 Å². The molecule has 0 radical (unpaired) electrons. The number of fused-ring (bicyclic) bond motifs is 3. The molecule has 0 amide bonds. The fraction of sp³-hybridized carbons (Fsp3) is 0. The third-order valence-corrected chi connectivity index (χ3v) is 2.72.